The summed E-state index contributed by atoms with van der Waals surface area (Å²) in [6.07, 6.45) is 20.6. The van der Waals surface area contributed by atoms with Crippen LogP contribution in [-0.2, 0) is 26.4 Å². The summed E-state index contributed by atoms with van der Waals surface area (Å²) in [5.74, 6) is -1.75. The van der Waals surface area contributed by atoms with Gasteiger partial charge in [0.2, 0.25) is 0 Å². The Morgan fingerprint density at radius 1 is 0.550 bits per heavy atom. The molecule has 2 fully saturated rings. The van der Waals surface area contributed by atoms with E-state index in [0.717, 1.165) is 12.8 Å². The molecule has 0 amide bonds. The van der Waals surface area contributed by atoms with Gasteiger partial charge in [-0.05, 0) is 0 Å². The van der Waals surface area contributed by atoms with Gasteiger partial charge in [0.25, 0.3) is 0 Å². The summed E-state index contributed by atoms with van der Waals surface area (Å²) in [4.78, 5) is 0. The predicted molar refractivity (Wildman–Crippen MR) is 265 cm³/mol. The Morgan fingerprint density at radius 2 is 0.900 bits per heavy atom. The molecule has 2 saturated carbocycles. The summed E-state index contributed by atoms with van der Waals surface area (Å²) in [6.45, 7) is 23.8. The third-order valence-corrected chi connectivity index (χ3v) is 68.5. The van der Waals surface area contributed by atoms with Crippen molar-refractivity contribution in [3.8, 4) is 22.3 Å². The average molecular weight is 936 g/mol. The molecule has 4 heteroatoms. The van der Waals surface area contributed by atoms with E-state index in [1.165, 1.54) is 120 Å². The maximum atomic E-state index is 9.23. The molecule has 60 heavy (non-hydrogen) atoms. The molecule has 0 saturated heterocycles. The minimum atomic E-state index is -5.09. The van der Waals surface area contributed by atoms with Gasteiger partial charge in [-0.2, -0.15) is 0 Å². The van der Waals surface area contributed by atoms with Crippen molar-refractivity contribution in [2.75, 3.05) is 0 Å². The molecule has 2 unspecified atom stereocenters. The van der Waals surface area contributed by atoms with E-state index in [-0.39, 0.29) is 18.1 Å². The molecule has 0 aromatic heterocycles. The Labute approximate surface area is 373 Å². The first-order valence-corrected chi connectivity index (χ1v) is 40.1. The molecular formula is C56H73Cl2SiZr. The standard InChI is InChI=1S/2C27H33.C2H7Si.2ClH.Zr/c2*1-5-27(15-6-7-16-27)19-20-17-22-9-8-10-24(25(22)18-20)21-11-13-23(14-12-21)26(2,3)4;1-3-2;;;/h2*8-14,17-18H,5-7,15-16,19H2,1-4H3;3H,1-2H3;2*1H;/q;;;;;+2/p-2. The van der Waals surface area contributed by atoms with Crippen molar-refractivity contribution in [2.24, 2.45) is 10.8 Å². The SMILES string of the molecule is CCC1(CC2=Cc3c(-c4ccc(C(C)(C)C)cc4)cccc3[CH]2[Zr]([Cl])([Cl])([CH]2C(CC3(CC)CCCC3)=Cc3c(-c4ccc(C(C)(C)C)cc4)cccc32)[SiH](C)C)CCCC1. The Balaban J connectivity index is 1.35. The fourth-order valence-corrected chi connectivity index (χ4v) is 43.9. The molecule has 319 valence electrons. The van der Waals surface area contributed by atoms with E-state index < -0.39 is 21.5 Å². The zero-order valence-corrected chi connectivity index (χ0v) is 43.8. The number of hydrogen-bond acceptors (Lipinski definition) is 0. The quantitative estimate of drug-likeness (QED) is 0.132. The van der Waals surface area contributed by atoms with Crippen LogP contribution in [0.5, 0.6) is 0 Å². The van der Waals surface area contributed by atoms with Crippen molar-refractivity contribution in [1.29, 1.82) is 0 Å². The normalized spacial score (nSPS) is 21.7. The van der Waals surface area contributed by atoms with Gasteiger partial charge in [-0.15, -0.1) is 0 Å². The first-order valence-electron chi connectivity index (χ1n) is 23.8. The van der Waals surface area contributed by atoms with E-state index in [2.05, 4.69) is 166 Å². The molecule has 4 aromatic rings. The second kappa shape index (κ2) is 16.2. The molecule has 2 atom stereocenters. The Bertz CT molecular complexity index is 2130. The van der Waals surface area contributed by atoms with E-state index in [9.17, 15) is 17.0 Å². The van der Waals surface area contributed by atoms with Crippen LogP contribution in [0.15, 0.2) is 96.1 Å². The van der Waals surface area contributed by atoms with Gasteiger partial charge in [0, 0.05) is 0 Å². The summed E-state index contributed by atoms with van der Waals surface area (Å²) >= 11 is -5.09. The van der Waals surface area contributed by atoms with Crippen molar-refractivity contribution in [3.63, 3.8) is 0 Å². The molecular weight excluding hydrogens is 863 g/mol. The van der Waals surface area contributed by atoms with Gasteiger partial charge in [-0.25, -0.2) is 0 Å². The fraction of sp³-hybridized carbons (Fsp3) is 0.500. The Hall–Kier alpha value is -1.96. The van der Waals surface area contributed by atoms with Gasteiger partial charge in [-0.3, -0.25) is 0 Å². The third-order valence-electron chi connectivity index (χ3n) is 16.6. The molecule has 4 aliphatic rings. The van der Waals surface area contributed by atoms with Crippen LogP contribution in [0.2, 0.25) is 13.1 Å². The van der Waals surface area contributed by atoms with E-state index >= 15 is 0 Å². The molecule has 0 radical (unpaired) electrons. The van der Waals surface area contributed by atoms with Crippen LogP contribution in [0.1, 0.15) is 173 Å². The molecule has 0 spiro atoms. The van der Waals surface area contributed by atoms with Crippen LogP contribution in [0.4, 0.5) is 0 Å². The van der Waals surface area contributed by atoms with Crippen LogP contribution in [0, 0.1) is 10.8 Å². The number of rotatable bonds is 11. The molecule has 0 nitrogen and oxygen atoms in total. The summed E-state index contributed by atoms with van der Waals surface area (Å²) in [6, 6.07) is 33.1. The van der Waals surface area contributed by atoms with Crippen LogP contribution in [-0.4, -0.2) is 5.92 Å². The first kappa shape index (κ1) is 44.6. The molecule has 4 aliphatic carbocycles. The second-order valence-corrected chi connectivity index (χ2v) is 64.9. The van der Waals surface area contributed by atoms with Crippen LogP contribution in [0.25, 0.3) is 34.4 Å². The first-order chi connectivity index (χ1) is 28.3. The van der Waals surface area contributed by atoms with Gasteiger partial charge in [0.05, 0.1) is 0 Å². The van der Waals surface area contributed by atoms with Crippen molar-refractivity contribution < 1.29 is 15.6 Å². The van der Waals surface area contributed by atoms with Crippen molar-refractivity contribution in [3.05, 3.63) is 129 Å². The van der Waals surface area contributed by atoms with Crippen LogP contribution in [0.3, 0.4) is 0 Å². The molecule has 0 bridgehead atoms. The van der Waals surface area contributed by atoms with Crippen molar-refractivity contribution >= 4 is 35.1 Å². The van der Waals surface area contributed by atoms with E-state index in [4.69, 9.17) is 0 Å². The predicted octanol–water partition coefficient (Wildman–Crippen LogP) is 17.9. The summed E-state index contributed by atoms with van der Waals surface area (Å²) in [7, 11) is 18.5. The average Bonchev–Trinajstić information content (AvgIpc) is 4.03. The van der Waals surface area contributed by atoms with E-state index in [1.807, 2.05) is 0 Å². The number of halogens is 2. The van der Waals surface area contributed by atoms with Gasteiger partial charge in [0.1, 0.15) is 0 Å². The van der Waals surface area contributed by atoms with E-state index in [0.29, 0.717) is 10.8 Å². The number of benzene rings is 4. The molecule has 0 N–H and O–H groups in total. The van der Waals surface area contributed by atoms with Crippen molar-refractivity contribution in [2.45, 2.75) is 164 Å². The van der Waals surface area contributed by atoms with Gasteiger partial charge in [-0.1, -0.05) is 0 Å². The molecule has 8 rings (SSSR count). The maximum absolute atomic E-state index is 9.23. The van der Waals surface area contributed by atoms with Crippen LogP contribution >= 0.6 is 17.0 Å². The molecule has 0 heterocycles. The van der Waals surface area contributed by atoms with Crippen molar-refractivity contribution in [1.82, 2.24) is 0 Å². The minimum absolute atomic E-state index is 0.101. The zero-order chi connectivity index (χ0) is 42.9. The molecule has 0 aliphatic heterocycles. The van der Waals surface area contributed by atoms with Gasteiger partial charge >= 0.3 is 377 Å². The van der Waals surface area contributed by atoms with Gasteiger partial charge in [0.15, 0.2) is 0 Å². The fourth-order valence-electron chi connectivity index (χ4n) is 12.6. The Kier molecular flexibility index (Phi) is 12.1. The zero-order valence-electron chi connectivity index (χ0n) is 38.7. The monoisotopic (exact) mass is 933 g/mol. The number of fused-ring (bicyclic) bond motifs is 2. The topological polar surface area (TPSA) is 0 Å². The Morgan fingerprint density at radius 3 is 1.20 bits per heavy atom. The molecule has 4 aromatic carbocycles. The summed E-state index contributed by atoms with van der Waals surface area (Å²) in [5.41, 5.74) is 17.6. The summed E-state index contributed by atoms with van der Waals surface area (Å²) < 4.78 is 0.203. The third kappa shape index (κ3) is 7.75. The second-order valence-electron chi connectivity index (χ2n) is 22.4. The number of allylic oxidation sites excluding steroid dienone is 2. The number of hydrogen-bond donors (Lipinski definition) is 0. The van der Waals surface area contributed by atoms with Gasteiger partial charge < -0.3 is 0 Å². The van der Waals surface area contributed by atoms with E-state index in [1.54, 1.807) is 11.1 Å². The van der Waals surface area contributed by atoms with Crippen LogP contribution < -0.4 is 0 Å². The summed E-state index contributed by atoms with van der Waals surface area (Å²) in [5, 5.41) is 0.